The highest BCUT2D eigenvalue weighted by Gasteiger charge is 2.33. The molecule has 1 atom stereocenters. The van der Waals surface area contributed by atoms with Gasteiger partial charge in [0.1, 0.15) is 0 Å². The first-order chi connectivity index (χ1) is 16.3. The van der Waals surface area contributed by atoms with E-state index in [0.717, 1.165) is 16.7 Å². The van der Waals surface area contributed by atoms with Crippen LogP contribution in [0.5, 0.6) is 0 Å². The maximum Gasteiger partial charge on any atom is 0.261 e. The minimum Gasteiger partial charge on any atom is -0.369 e. The van der Waals surface area contributed by atoms with Crippen molar-refractivity contribution >= 4 is 15.7 Å². The lowest BCUT2D eigenvalue weighted by atomic mass is 9.85. The fourth-order valence-electron chi connectivity index (χ4n) is 3.63. The standard InChI is InChI=1S/C29H25NO3S/c1-22-13-16-26(17-14-22)34(32,33)30-28-18-15-23(2)21-27(28)29(31,25-11-7-4-8-12-25)20-19-24-9-5-3-6-10-24/h3-18,21,30-31H,1-2H3. The Morgan fingerprint density at radius 2 is 1.35 bits per heavy atom. The molecule has 0 aliphatic rings. The number of anilines is 1. The van der Waals surface area contributed by atoms with Crippen molar-refractivity contribution in [2.24, 2.45) is 0 Å². The van der Waals surface area contributed by atoms with Gasteiger partial charge in [0, 0.05) is 16.7 Å². The number of aryl methyl sites for hydroxylation is 2. The van der Waals surface area contributed by atoms with Gasteiger partial charge in [-0.2, -0.15) is 0 Å². The van der Waals surface area contributed by atoms with Crippen LogP contribution in [0, 0.1) is 25.7 Å². The fraction of sp³-hybridized carbons (Fsp3) is 0.103. The second kappa shape index (κ2) is 9.56. The van der Waals surface area contributed by atoms with E-state index in [4.69, 9.17) is 0 Å². The number of hydrogen-bond acceptors (Lipinski definition) is 3. The smallest absolute Gasteiger partial charge is 0.261 e. The molecule has 0 saturated carbocycles. The summed E-state index contributed by atoms with van der Waals surface area (Å²) in [6, 6.07) is 30.2. The van der Waals surface area contributed by atoms with Crippen LogP contribution in [0.1, 0.15) is 27.8 Å². The molecule has 0 radical (unpaired) electrons. The molecular formula is C29H25NO3S. The van der Waals surface area contributed by atoms with Gasteiger partial charge in [-0.1, -0.05) is 89.7 Å². The minimum atomic E-state index is -3.88. The normalized spacial score (nSPS) is 12.8. The minimum absolute atomic E-state index is 0.142. The maximum absolute atomic E-state index is 13.2. The first kappa shape index (κ1) is 23.3. The topological polar surface area (TPSA) is 66.4 Å². The lowest BCUT2D eigenvalue weighted by Crippen LogP contribution is -2.28. The molecule has 0 saturated heterocycles. The molecule has 0 bridgehead atoms. The zero-order valence-corrected chi connectivity index (χ0v) is 19.8. The summed E-state index contributed by atoms with van der Waals surface area (Å²) in [7, 11) is -3.88. The van der Waals surface area contributed by atoms with Crippen molar-refractivity contribution in [2.45, 2.75) is 24.3 Å². The van der Waals surface area contributed by atoms with E-state index in [9.17, 15) is 13.5 Å². The van der Waals surface area contributed by atoms with Gasteiger partial charge in [0.15, 0.2) is 5.60 Å². The summed E-state index contributed by atoms with van der Waals surface area (Å²) in [6.07, 6.45) is 0. The zero-order chi connectivity index (χ0) is 24.2. The van der Waals surface area contributed by atoms with Crippen LogP contribution in [0.15, 0.2) is 108 Å². The number of nitrogens with one attached hydrogen (secondary N) is 1. The van der Waals surface area contributed by atoms with Crippen molar-refractivity contribution in [1.82, 2.24) is 0 Å². The zero-order valence-electron chi connectivity index (χ0n) is 19.0. The summed E-state index contributed by atoms with van der Waals surface area (Å²) in [5.41, 5.74) is 1.98. The van der Waals surface area contributed by atoms with Gasteiger partial charge in [0.25, 0.3) is 10.0 Å². The lowest BCUT2D eigenvalue weighted by Gasteiger charge is -2.27. The second-order valence-electron chi connectivity index (χ2n) is 8.16. The molecule has 2 N–H and O–H groups in total. The summed E-state index contributed by atoms with van der Waals surface area (Å²) in [5.74, 6) is 6.07. The summed E-state index contributed by atoms with van der Waals surface area (Å²) >= 11 is 0. The summed E-state index contributed by atoms with van der Waals surface area (Å²) in [4.78, 5) is 0.142. The van der Waals surface area contributed by atoms with Gasteiger partial charge in [-0.3, -0.25) is 4.72 Å². The molecular weight excluding hydrogens is 442 g/mol. The lowest BCUT2D eigenvalue weighted by molar-refractivity contribution is 0.146. The van der Waals surface area contributed by atoms with Crippen molar-refractivity contribution in [2.75, 3.05) is 4.72 Å². The molecule has 170 valence electrons. The molecule has 0 amide bonds. The summed E-state index contributed by atoms with van der Waals surface area (Å²) < 4.78 is 29.0. The molecule has 4 aromatic rings. The molecule has 0 fully saturated rings. The Balaban J connectivity index is 1.87. The Kier molecular flexibility index (Phi) is 6.56. The largest absolute Gasteiger partial charge is 0.369 e. The first-order valence-corrected chi connectivity index (χ1v) is 12.3. The van der Waals surface area contributed by atoms with Gasteiger partial charge in [-0.05, 0) is 50.2 Å². The van der Waals surface area contributed by atoms with Gasteiger partial charge < -0.3 is 5.11 Å². The van der Waals surface area contributed by atoms with E-state index >= 15 is 0 Å². The molecule has 4 aromatic carbocycles. The van der Waals surface area contributed by atoms with Crippen LogP contribution in [-0.4, -0.2) is 13.5 Å². The van der Waals surface area contributed by atoms with E-state index in [1.807, 2.05) is 62.4 Å². The van der Waals surface area contributed by atoms with Crippen LogP contribution >= 0.6 is 0 Å². The number of aliphatic hydroxyl groups is 1. The fourth-order valence-corrected chi connectivity index (χ4v) is 4.71. The molecule has 1 unspecified atom stereocenters. The number of rotatable bonds is 5. The predicted molar refractivity (Wildman–Crippen MR) is 136 cm³/mol. The molecule has 5 heteroatoms. The van der Waals surface area contributed by atoms with Crippen LogP contribution in [0.25, 0.3) is 0 Å². The third-order valence-corrected chi connectivity index (χ3v) is 6.87. The SMILES string of the molecule is Cc1ccc(S(=O)(=O)Nc2ccc(C)cc2C(O)(C#Cc2ccccc2)c2ccccc2)cc1. The molecule has 0 aromatic heterocycles. The number of benzene rings is 4. The van der Waals surface area contributed by atoms with Crippen molar-refractivity contribution in [3.05, 3.63) is 131 Å². The maximum atomic E-state index is 13.2. The van der Waals surface area contributed by atoms with Gasteiger partial charge in [-0.25, -0.2) is 8.42 Å². The Labute approximate surface area is 201 Å². The highest BCUT2D eigenvalue weighted by molar-refractivity contribution is 7.92. The molecule has 4 nitrogen and oxygen atoms in total. The van der Waals surface area contributed by atoms with Crippen molar-refractivity contribution in [1.29, 1.82) is 0 Å². The van der Waals surface area contributed by atoms with Crippen LogP contribution < -0.4 is 4.72 Å². The highest BCUT2D eigenvalue weighted by atomic mass is 32.2. The Morgan fingerprint density at radius 1 is 0.765 bits per heavy atom. The van der Waals surface area contributed by atoms with E-state index < -0.39 is 15.6 Å². The Morgan fingerprint density at radius 3 is 2.00 bits per heavy atom. The van der Waals surface area contributed by atoms with Crippen molar-refractivity contribution < 1.29 is 13.5 Å². The van der Waals surface area contributed by atoms with Gasteiger partial charge >= 0.3 is 0 Å². The van der Waals surface area contributed by atoms with E-state index in [1.165, 1.54) is 0 Å². The van der Waals surface area contributed by atoms with E-state index in [0.29, 0.717) is 11.1 Å². The molecule has 34 heavy (non-hydrogen) atoms. The molecule has 0 aliphatic carbocycles. The Bertz CT molecular complexity index is 1450. The summed E-state index contributed by atoms with van der Waals surface area (Å²) in [5, 5.41) is 12.0. The van der Waals surface area contributed by atoms with Crippen molar-refractivity contribution in [3.8, 4) is 11.8 Å². The molecule has 0 aliphatic heterocycles. The van der Waals surface area contributed by atoms with Crippen LogP contribution in [-0.2, 0) is 15.6 Å². The quantitative estimate of drug-likeness (QED) is 0.387. The summed E-state index contributed by atoms with van der Waals surface area (Å²) in [6.45, 7) is 3.78. The first-order valence-electron chi connectivity index (χ1n) is 10.8. The van der Waals surface area contributed by atoms with Crippen molar-refractivity contribution in [3.63, 3.8) is 0 Å². The van der Waals surface area contributed by atoms with E-state index in [-0.39, 0.29) is 10.6 Å². The van der Waals surface area contributed by atoms with Gasteiger partial charge in [-0.15, -0.1) is 0 Å². The molecule has 0 spiro atoms. The monoisotopic (exact) mass is 467 g/mol. The van der Waals surface area contributed by atoms with Crippen LogP contribution in [0.2, 0.25) is 0 Å². The van der Waals surface area contributed by atoms with Gasteiger partial charge in [0.05, 0.1) is 10.6 Å². The second-order valence-corrected chi connectivity index (χ2v) is 9.84. The predicted octanol–water partition coefficient (Wildman–Crippen LogP) is 5.39. The Hall–Kier alpha value is -3.85. The van der Waals surface area contributed by atoms with Gasteiger partial charge in [0.2, 0.25) is 0 Å². The third-order valence-electron chi connectivity index (χ3n) is 5.49. The van der Waals surface area contributed by atoms with E-state index in [1.54, 1.807) is 54.6 Å². The van der Waals surface area contributed by atoms with E-state index in [2.05, 4.69) is 16.6 Å². The third kappa shape index (κ3) is 5.04. The molecule has 0 heterocycles. The average molecular weight is 468 g/mol. The molecule has 4 rings (SSSR count). The average Bonchev–Trinajstić information content (AvgIpc) is 2.85. The number of hydrogen-bond donors (Lipinski definition) is 2. The van der Waals surface area contributed by atoms with Crippen LogP contribution in [0.4, 0.5) is 5.69 Å². The van der Waals surface area contributed by atoms with Crippen LogP contribution in [0.3, 0.4) is 0 Å². The number of sulfonamides is 1. The highest BCUT2D eigenvalue weighted by Crippen LogP contribution is 2.36.